The van der Waals surface area contributed by atoms with E-state index >= 15 is 0 Å². The molecule has 0 aliphatic rings. The highest BCUT2D eigenvalue weighted by Gasteiger charge is 2.07. The molecule has 0 unspecified atom stereocenters. The highest BCUT2D eigenvalue weighted by molar-refractivity contribution is 5.76. The van der Waals surface area contributed by atoms with E-state index in [0.29, 0.717) is 16.7 Å². The molecule has 0 amide bonds. The number of oxazole rings is 1. The van der Waals surface area contributed by atoms with E-state index in [0.717, 1.165) is 0 Å². The van der Waals surface area contributed by atoms with Crippen LogP contribution in [0.2, 0.25) is 0 Å². The summed E-state index contributed by atoms with van der Waals surface area (Å²) in [5.41, 5.74) is 1.73. The van der Waals surface area contributed by atoms with Gasteiger partial charge in [-0.25, -0.2) is 0 Å². The van der Waals surface area contributed by atoms with Gasteiger partial charge in [-0.3, -0.25) is 0 Å². The number of nitrogens with zero attached hydrogens (tertiary/aromatic N) is 2. The van der Waals surface area contributed by atoms with Crippen molar-refractivity contribution in [3.05, 3.63) is 29.7 Å². The highest BCUT2D eigenvalue weighted by atomic mass is 16.3. The molecule has 0 radical (unpaired) electrons. The molecular formula is C9H6N2O2. The molecule has 0 saturated carbocycles. The fourth-order valence-electron chi connectivity index (χ4n) is 1.18. The van der Waals surface area contributed by atoms with E-state index in [4.69, 9.17) is 14.8 Å². The van der Waals surface area contributed by atoms with E-state index < -0.39 is 0 Å². The third-order valence-corrected chi connectivity index (χ3v) is 1.76. The number of hydrogen-bond acceptors (Lipinski definition) is 4. The highest BCUT2D eigenvalue weighted by Crippen LogP contribution is 2.19. The molecule has 4 heteroatoms. The summed E-state index contributed by atoms with van der Waals surface area (Å²) >= 11 is 0. The van der Waals surface area contributed by atoms with Crippen molar-refractivity contribution in [3.63, 3.8) is 0 Å². The van der Waals surface area contributed by atoms with Gasteiger partial charge in [0.25, 0.3) is 0 Å². The second kappa shape index (κ2) is 2.88. The predicted molar refractivity (Wildman–Crippen MR) is 44.6 cm³/mol. The molecule has 0 saturated heterocycles. The Labute approximate surface area is 74.0 Å². The van der Waals surface area contributed by atoms with Crippen LogP contribution in [0.4, 0.5) is 0 Å². The Kier molecular flexibility index (Phi) is 1.72. The molecular weight excluding hydrogens is 168 g/mol. The fourth-order valence-corrected chi connectivity index (χ4v) is 1.18. The molecule has 0 aliphatic carbocycles. The van der Waals surface area contributed by atoms with E-state index in [-0.39, 0.29) is 12.5 Å². The van der Waals surface area contributed by atoms with Crippen LogP contribution in [-0.2, 0) is 6.61 Å². The van der Waals surface area contributed by atoms with Gasteiger partial charge in [0.2, 0.25) is 0 Å². The van der Waals surface area contributed by atoms with Crippen molar-refractivity contribution in [2.24, 2.45) is 0 Å². The summed E-state index contributed by atoms with van der Waals surface area (Å²) in [5.74, 6) is 0.0240. The molecule has 0 atom stereocenters. The maximum absolute atomic E-state index is 8.95. The SMILES string of the molecule is N#Cc1nc2cccc(CO)c2o1. The number of nitriles is 1. The third-order valence-electron chi connectivity index (χ3n) is 1.76. The van der Waals surface area contributed by atoms with Crippen LogP contribution in [0, 0.1) is 11.3 Å². The lowest BCUT2D eigenvalue weighted by atomic mass is 10.2. The Morgan fingerprint density at radius 1 is 1.54 bits per heavy atom. The standard InChI is InChI=1S/C9H6N2O2/c10-4-8-11-7-3-1-2-6(5-12)9(7)13-8/h1-3,12H,5H2. The number of benzene rings is 1. The number of aliphatic hydroxyl groups excluding tert-OH is 1. The maximum Gasteiger partial charge on any atom is 0.301 e. The summed E-state index contributed by atoms with van der Waals surface area (Å²) < 4.78 is 5.11. The quantitative estimate of drug-likeness (QED) is 0.704. The lowest BCUT2D eigenvalue weighted by Gasteiger charge is -1.93. The zero-order chi connectivity index (χ0) is 9.26. The zero-order valence-corrected chi connectivity index (χ0v) is 6.69. The van der Waals surface area contributed by atoms with Crippen LogP contribution in [-0.4, -0.2) is 10.1 Å². The number of para-hydroxylation sites is 1. The second-order valence-corrected chi connectivity index (χ2v) is 2.55. The van der Waals surface area contributed by atoms with Gasteiger partial charge in [-0.1, -0.05) is 12.1 Å². The summed E-state index contributed by atoms with van der Waals surface area (Å²) in [5, 5.41) is 17.5. The number of rotatable bonds is 1. The van der Waals surface area contributed by atoms with Gasteiger partial charge in [0, 0.05) is 5.56 Å². The number of aromatic nitrogens is 1. The fraction of sp³-hybridized carbons (Fsp3) is 0.111. The molecule has 2 aromatic rings. The monoisotopic (exact) mass is 174 g/mol. The van der Waals surface area contributed by atoms with Gasteiger partial charge < -0.3 is 9.52 Å². The number of aliphatic hydroxyl groups is 1. The van der Waals surface area contributed by atoms with Crippen molar-refractivity contribution >= 4 is 11.1 Å². The van der Waals surface area contributed by atoms with Crippen LogP contribution in [0.25, 0.3) is 11.1 Å². The van der Waals surface area contributed by atoms with Gasteiger partial charge in [-0.15, -0.1) is 0 Å². The van der Waals surface area contributed by atoms with Crippen molar-refractivity contribution in [2.75, 3.05) is 0 Å². The van der Waals surface area contributed by atoms with Crippen molar-refractivity contribution < 1.29 is 9.52 Å². The summed E-state index contributed by atoms with van der Waals surface area (Å²) in [7, 11) is 0. The number of hydrogen-bond donors (Lipinski definition) is 1. The molecule has 0 bridgehead atoms. The Morgan fingerprint density at radius 2 is 2.38 bits per heavy atom. The molecule has 2 rings (SSSR count). The van der Waals surface area contributed by atoms with Crippen LogP contribution in [0.1, 0.15) is 11.5 Å². The van der Waals surface area contributed by atoms with Crippen LogP contribution >= 0.6 is 0 Å². The second-order valence-electron chi connectivity index (χ2n) is 2.55. The van der Waals surface area contributed by atoms with Crippen LogP contribution in [0.15, 0.2) is 22.6 Å². The first-order chi connectivity index (χ1) is 6.35. The van der Waals surface area contributed by atoms with E-state index in [2.05, 4.69) is 4.98 Å². The Balaban J connectivity index is 2.76. The van der Waals surface area contributed by atoms with Crippen molar-refractivity contribution in [1.82, 2.24) is 4.98 Å². The molecule has 1 N–H and O–H groups in total. The van der Waals surface area contributed by atoms with Crippen molar-refractivity contribution in [3.8, 4) is 6.07 Å². The topological polar surface area (TPSA) is 70.0 Å². The van der Waals surface area contributed by atoms with Gasteiger partial charge in [-0.05, 0) is 6.07 Å². The zero-order valence-electron chi connectivity index (χ0n) is 6.69. The third kappa shape index (κ3) is 1.15. The van der Waals surface area contributed by atoms with Crippen LogP contribution in [0.5, 0.6) is 0 Å². The summed E-state index contributed by atoms with van der Waals surface area (Å²) in [6.07, 6.45) is 0. The first-order valence-electron chi connectivity index (χ1n) is 3.74. The van der Waals surface area contributed by atoms with Gasteiger partial charge >= 0.3 is 5.89 Å². The predicted octanol–water partition coefficient (Wildman–Crippen LogP) is 1.19. The Hall–Kier alpha value is -1.86. The molecule has 13 heavy (non-hydrogen) atoms. The largest absolute Gasteiger partial charge is 0.428 e. The molecule has 0 spiro atoms. The van der Waals surface area contributed by atoms with Gasteiger partial charge in [0.1, 0.15) is 5.52 Å². The van der Waals surface area contributed by atoms with Gasteiger partial charge in [0.15, 0.2) is 11.7 Å². The van der Waals surface area contributed by atoms with E-state index in [1.807, 2.05) is 6.07 Å². The molecule has 1 aromatic heterocycles. The first kappa shape index (κ1) is 7.77. The van der Waals surface area contributed by atoms with Crippen LogP contribution in [0.3, 0.4) is 0 Å². The molecule has 0 aliphatic heterocycles. The summed E-state index contributed by atoms with van der Waals surface area (Å²) in [4.78, 5) is 3.90. The van der Waals surface area contributed by atoms with Crippen molar-refractivity contribution in [2.45, 2.75) is 6.61 Å². The van der Waals surface area contributed by atoms with E-state index in [9.17, 15) is 0 Å². The van der Waals surface area contributed by atoms with E-state index in [1.54, 1.807) is 18.2 Å². The van der Waals surface area contributed by atoms with Gasteiger partial charge in [-0.2, -0.15) is 10.2 Å². The lowest BCUT2D eigenvalue weighted by Crippen LogP contribution is -1.81. The minimum Gasteiger partial charge on any atom is -0.428 e. The minimum absolute atomic E-state index is 0.0240. The number of fused-ring (bicyclic) bond motifs is 1. The smallest absolute Gasteiger partial charge is 0.301 e. The normalized spacial score (nSPS) is 10.2. The lowest BCUT2D eigenvalue weighted by molar-refractivity contribution is 0.281. The average Bonchev–Trinajstić information content (AvgIpc) is 2.59. The molecule has 1 heterocycles. The van der Waals surface area contributed by atoms with Gasteiger partial charge in [0.05, 0.1) is 6.61 Å². The summed E-state index contributed by atoms with van der Waals surface area (Å²) in [6, 6.07) is 7.04. The van der Waals surface area contributed by atoms with E-state index in [1.165, 1.54) is 0 Å². The first-order valence-corrected chi connectivity index (χ1v) is 3.74. The Morgan fingerprint density at radius 3 is 3.08 bits per heavy atom. The molecule has 64 valence electrons. The molecule has 1 aromatic carbocycles. The molecule has 0 fully saturated rings. The Bertz CT molecular complexity index is 482. The van der Waals surface area contributed by atoms with Crippen LogP contribution < -0.4 is 0 Å². The minimum atomic E-state index is -0.114. The van der Waals surface area contributed by atoms with Crippen molar-refractivity contribution in [1.29, 1.82) is 5.26 Å². The average molecular weight is 174 g/mol. The molecule has 4 nitrogen and oxygen atoms in total. The maximum atomic E-state index is 8.95. The summed E-state index contributed by atoms with van der Waals surface area (Å²) in [6.45, 7) is -0.114.